The summed E-state index contributed by atoms with van der Waals surface area (Å²) in [6.07, 6.45) is 5.14. The highest BCUT2D eigenvalue weighted by atomic mass is 19.1. The predicted molar refractivity (Wildman–Crippen MR) is 106 cm³/mol. The molecule has 0 bridgehead atoms. The third-order valence-corrected chi connectivity index (χ3v) is 4.82. The Bertz CT molecular complexity index is 811. The minimum Gasteiger partial charge on any atom is -0.471 e. The maximum absolute atomic E-state index is 13.8. The number of carbonyl (C=O) groups excluding carboxylic acids is 1. The SMILES string of the molecule is CC(C)(C)Oc1cncc(CN2CCC(C(=O)Cc3ccccc3F)CC2)n1. The zero-order valence-electron chi connectivity index (χ0n) is 16.8. The van der Waals surface area contributed by atoms with E-state index in [2.05, 4.69) is 14.9 Å². The van der Waals surface area contributed by atoms with Gasteiger partial charge in [-0.25, -0.2) is 9.37 Å². The Kier molecular flexibility index (Phi) is 6.39. The van der Waals surface area contributed by atoms with Gasteiger partial charge in [-0.2, -0.15) is 0 Å². The number of hydrogen-bond donors (Lipinski definition) is 0. The molecule has 1 aliphatic heterocycles. The van der Waals surface area contributed by atoms with Crippen molar-refractivity contribution in [1.82, 2.24) is 14.9 Å². The monoisotopic (exact) mass is 385 g/mol. The summed E-state index contributed by atoms with van der Waals surface area (Å²) in [6.45, 7) is 8.25. The molecule has 0 amide bonds. The Morgan fingerprint density at radius 2 is 1.93 bits per heavy atom. The van der Waals surface area contributed by atoms with Gasteiger partial charge in [0.25, 0.3) is 0 Å². The van der Waals surface area contributed by atoms with E-state index in [-0.39, 0.29) is 29.5 Å². The molecule has 1 aliphatic rings. The van der Waals surface area contributed by atoms with Crippen molar-refractivity contribution < 1.29 is 13.9 Å². The molecule has 0 radical (unpaired) electrons. The van der Waals surface area contributed by atoms with E-state index in [0.717, 1.165) is 31.6 Å². The molecule has 2 aromatic rings. The van der Waals surface area contributed by atoms with Gasteiger partial charge in [-0.1, -0.05) is 18.2 Å². The number of aromatic nitrogens is 2. The molecule has 0 aliphatic carbocycles. The fraction of sp³-hybridized carbons (Fsp3) is 0.500. The lowest BCUT2D eigenvalue weighted by Crippen LogP contribution is -2.36. The Labute approximate surface area is 166 Å². The van der Waals surface area contributed by atoms with Crippen molar-refractivity contribution in [1.29, 1.82) is 0 Å². The van der Waals surface area contributed by atoms with Crippen molar-refractivity contribution in [3.63, 3.8) is 0 Å². The first-order valence-electron chi connectivity index (χ1n) is 9.78. The maximum atomic E-state index is 13.8. The molecule has 0 saturated carbocycles. The minimum atomic E-state index is -0.315. The fourth-order valence-corrected chi connectivity index (χ4v) is 3.44. The van der Waals surface area contributed by atoms with Crippen LogP contribution in [0, 0.1) is 11.7 Å². The summed E-state index contributed by atoms with van der Waals surface area (Å²) in [5, 5.41) is 0. The van der Waals surface area contributed by atoms with E-state index >= 15 is 0 Å². The van der Waals surface area contributed by atoms with E-state index in [0.29, 0.717) is 18.0 Å². The summed E-state index contributed by atoms with van der Waals surface area (Å²) in [5.74, 6) is 0.354. The van der Waals surface area contributed by atoms with Gasteiger partial charge in [0.1, 0.15) is 17.2 Å². The quantitative estimate of drug-likeness (QED) is 0.757. The molecular formula is C22H28FN3O2. The first kappa shape index (κ1) is 20.4. The second kappa shape index (κ2) is 8.78. The van der Waals surface area contributed by atoms with Crippen LogP contribution < -0.4 is 4.74 Å². The molecule has 1 aromatic carbocycles. The van der Waals surface area contributed by atoms with Crippen molar-refractivity contribution in [2.24, 2.45) is 5.92 Å². The van der Waals surface area contributed by atoms with Gasteiger partial charge < -0.3 is 4.74 Å². The van der Waals surface area contributed by atoms with Gasteiger partial charge >= 0.3 is 0 Å². The highest BCUT2D eigenvalue weighted by molar-refractivity contribution is 5.83. The van der Waals surface area contributed by atoms with Crippen LogP contribution >= 0.6 is 0 Å². The summed E-state index contributed by atoms with van der Waals surface area (Å²) >= 11 is 0. The third kappa shape index (κ3) is 5.83. The molecule has 2 heterocycles. The average molecular weight is 385 g/mol. The minimum absolute atomic E-state index is 0.00232. The predicted octanol–water partition coefficient (Wildman–Crippen LogP) is 3.82. The number of likely N-dealkylation sites (tertiary alicyclic amines) is 1. The molecule has 3 rings (SSSR count). The first-order valence-corrected chi connectivity index (χ1v) is 9.78. The van der Waals surface area contributed by atoms with Gasteiger partial charge in [-0.05, 0) is 58.3 Å². The second-order valence-electron chi connectivity index (χ2n) is 8.35. The van der Waals surface area contributed by atoms with Crippen molar-refractivity contribution in [2.75, 3.05) is 13.1 Å². The van der Waals surface area contributed by atoms with E-state index in [1.807, 2.05) is 20.8 Å². The van der Waals surface area contributed by atoms with Crippen LogP contribution in [0.5, 0.6) is 5.88 Å². The lowest BCUT2D eigenvalue weighted by Gasteiger charge is -2.31. The maximum Gasteiger partial charge on any atom is 0.233 e. The summed E-state index contributed by atoms with van der Waals surface area (Å²) in [4.78, 5) is 23.6. The molecule has 150 valence electrons. The number of piperidine rings is 1. The number of nitrogens with zero attached hydrogens (tertiary/aromatic N) is 3. The van der Waals surface area contributed by atoms with Gasteiger partial charge in [0.2, 0.25) is 5.88 Å². The Balaban J connectivity index is 1.51. The van der Waals surface area contributed by atoms with Crippen molar-refractivity contribution in [3.05, 3.63) is 53.7 Å². The van der Waals surface area contributed by atoms with E-state index in [1.165, 1.54) is 6.07 Å². The van der Waals surface area contributed by atoms with E-state index in [9.17, 15) is 9.18 Å². The Morgan fingerprint density at radius 1 is 1.21 bits per heavy atom. The van der Waals surface area contributed by atoms with Crippen LogP contribution in [0.4, 0.5) is 4.39 Å². The fourth-order valence-electron chi connectivity index (χ4n) is 3.44. The zero-order chi connectivity index (χ0) is 20.1. The Morgan fingerprint density at radius 3 is 2.61 bits per heavy atom. The van der Waals surface area contributed by atoms with Crippen LogP contribution in [0.2, 0.25) is 0 Å². The molecule has 0 spiro atoms. The molecular weight excluding hydrogens is 357 g/mol. The zero-order valence-corrected chi connectivity index (χ0v) is 16.8. The first-order chi connectivity index (χ1) is 13.3. The average Bonchev–Trinajstić information content (AvgIpc) is 2.63. The van der Waals surface area contributed by atoms with Crippen LogP contribution in [-0.2, 0) is 17.8 Å². The Hall–Kier alpha value is -2.34. The van der Waals surface area contributed by atoms with Crippen molar-refractivity contribution in [2.45, 2.75) is 52.2 Å². The summed E-state index contributed by atoms with van der Waals surface area (Å²) in [5.41, 5.74) is 1.03. The number of rotatable bonds is 6. The highest BCUT2D eigenvalue weighted by Crippen LogP contribution is 2.22. The van der Waals surface area contributed by atoms with E-state index in [4.69, 9.17) is 4.74 Å². The van der Waals surface area contributed by atoms with E-state index in [1.54, 1.807) is 30.6 Å². The summed E-state index contributed by atoms with van der Waals surface area (Å²) in [6, 6.07) is 6.51. The standard InChI is InChI=1S/C22H28FN3O2/c1-22(2,3)28-21-14-24-13-18(25-21)15-26-10-8-16(9-11-26)20(27)12-17-6-4-5-7-19(17)23/h4-7,13-14,16H,8-12,15H2,1-3H3. The number of carbonyl (C=O) groups is 1. The molecule has 1 saturated heterocycles. The number of halogens is 1. The molecule has 1 aromatic heterocycles. The topological polar surface area (TPSA) is 55.3 Å². The summed E-state index contributed by atoms with van der Waals surface area (Å²) in [7, 11) is 0. The van der Waals surface area contributed by atoms with Crippen molar-refractivity contribution in [3.8, 4) is 5.88 Å². The van der Waals surface area contributed by atoms with Crippen LogP contribution in [-0.4, -0.2) is 39.3 Å². The smallest absolute Gasteiger partial charge is 0.233 e. The number of benzene rings is 1. The van der Waals surface area contributed by atoms with Gasteiger partial charge in [0, 0.05) is 25.1 Å². The molecule has 5 nitrogen and oxygen atoms in total. The number of ether oxygens (including phenoxy) is 1. The molecule has 0 unspecified atom stereocenters. The third-order valence-electron chi connectivity index (χ3n) is 4.82. The van der Waals surface area contributed by atoms with Crippen LogP contribution in [0.15, 0.2) is 36.7 Å². The second-order valence-corrected chi connectivity index (χ2v) is 8.35. The van der Waals surface area contributed by atoms with E-state index < -0.39 is 0 Å². The molecule has 0 atom stereocenters. The number of Topliss-reactive ketones (excluding diaryl/α,β-unsaturated/α-hetero) is 1. The largest absolute Gasteiger partial charge is 0.471 e. The van der Waals surface area contributed by atoms with Crippen LogP contribution in [0.3, 0.4) is 0 Å². The van der Waals surface area contributed by atoms with Gasteiger partial charge in [0.05, 0.1) is 11.9 Å². The summed E-state index contributed by atoms with van der Waals surface area (Å²) < 4.78 is 19.6. The normalized spacial score (nSPS) is 16.1. The molecule has 6 heteroatoms. The lowest BCUT2D eigenvalue weighted by atomic mass is 9.89. The molecule has 28 heavy (non-hydrogen) atoms. The molecule has 1 fully saturated rings. The number of ketones is 1. The molecule has 0 N–H and O–H groups in total. The highest BCUT2D eigenvalue weighted by Gasteiger charge is 2.26. The van der Waals surface area contributed by atoms with Gasteiger partial charge in [-0.15, -0.1) is 0 Å². The van der Waals surface area contributed by atoms with Gasteiger partial charge in [0.15, 0.2) is 0 Å². The van der Waals surface area contributed by atoms with Crippen LogP contribution in [0.1, 0.15) is 44.9 Å². The van der Waals surface area contributed by atoms with Crippen LogP contribution in [0.25, 0.3) is 0 Å². The lowest BCUT2D eigenvalue weighted by molar-refractivity contribution is -0.123. The van der Waals surface area contributed by atoms with Gasteiger partial charge in [-0.3, -0.25) is 14.7 Å². The van der Waals surface area contributed by atoms with Crippen molar-refractivity contribution >= 4 is 5.78 Å². The number of hydrogen-bond acceptors (Lipinski definition) is 5.